The lowest BCUT2D eigenvalue weighted by molar-refractivity contribution is -0.385. The van der Waals surface area contributed by atoms with Crippen LogP contribution in [0, 0.1) is 15.9 Å². The second-order valence-electron chi connectivity index (χ2n) is 5.64. The molecule has 0 saturated carbocycles. The van der Waals surface area contributed by atoms with E-state index in [0.717, 1.165) is 0 Å². The average Bonchev–Trinajstić information content (AvgIpc) is 2.62. The topological polar surface area (TPSA) is 64.8 Å². The highest BCUT2D eigenvalue weighted by molar-refractivity contribution is 5.70. The van der Waals surface area contributed by atoms with E-state index in [1.807, 2.05) is 4.90 Å². The Balaban J connectivity index is 1.93. The SMILES string of the molecule is CCOc1cccc(N2CCOC(c3ccccc3F)C2)c1[N+](=O)[O-]. The first kappa shape index (κ1) is 17.2. The molecule has 1 unspecified atom stereocenters. The minimum Gasteiger partial charge on any atom is -0.487 e. The number of nitrogens with zero attached hydrogens (tertiary/aromatic N) is 2. The summed E-state index contributed by atoms with van der Waals surface area (Å²) in [6.07, 6.45) is -0.481. The largest absolute Gasteiger partial charge is 0.487 e. The van der Waals surface area contributed by atoms with Crippen LogP contribution in [0.2, 0.25) is 0 Å². The quantitative estimate of drug-likeness (QED) is 0.610. The monoisotopic (exact) mass is 346 g/mol. The fourth-order valence-corrected chi connectivity index (χ4v) is 3.01. The molecular formula is C18H19FN2O4. The molecule has 1 aliphatic heterocycles. The second kappa shape index (κ2) is 7.48. The summed E-state index contributed by atoms with van der Waals surface area (Å²) in [7, 11) is 0. The van der Waals surface area contributed by atoms with E-state index in [0.29, 0.717) is 37.6 Å². The molecule has 1 saturated heterocycles. The molecule has 0 aliphatic carbocycles. The fraction of sp³-hybridized carbons (Fsp3) is 0.333. The molecule has 132 valence electrons. The zero-order valence-corrected chi connectivity index (χ0v) is 13.9. The normalized spacial score (nSPS) is 17.4. The van der Waals surface area contributed by atoms with Gasteiger partial charge in [0.1, 0.15) is 17.6 Å². The van der Waals surface area contributed by atoms with Crippen LogP contribution in [0.3, 0.4) is 0 Å². The van der Waals surface area contributed by atoms with Crippen molar-refractivity contribution in [1.82, 2.24) is 0 Å². The molecule has 3 rings (SSSR count). The highest BCUT2D eigenvalue weighted by Crippen LogP contribution is 2.39. The summed E-state index contributed by atoms with van der Waals surface area (Å²) in [4.78, 5) is 13.0. The van der Waals surface area contributed by atoms with E-state index < -0.39 is 11.0 Å². The molecule has 2 aromatic carbocycles. The Hall–Kier alpha value is -2.67. The van der Waals surface area contributed by atoms with Crippen molar-refractivity contribution >= 4 is 11.4 Å². The van der Waals surface area contributed by atoms with Gasteiger partial charge in [0.05, 0.1) is 18.1 Å². The number of nitro benzene ring substituents is 1. The van der Waals surface area contributed by atoms with Crippen molar-refractivity contribution in [2.24, 2.45) is 0 Å². The Kier molecular flexibility index (Phi) is 5.14. The third-order valence-corrected chi connectivity index (χ3v) is 4.12. The molecule has 6 nitrogen and oxygen atoms in total. The van der Waals surface area contributed by atoms with E-state index in [2.05, 4.69) is 0 Å². The van der Waals surface area contributed by atoms with E-state index in [1.54, 1.807) is 43.3 Å². The van der Waals surface area contributed by atoms with Crippen molar-refractivity contribution < 1.29 is 18.8 Å². The summed E-state index contributed by atoms with van der Waals surface area (Å²) < 4.78 is 25.1. The van der Waals surface area contributed by atoms with Gasteiger partial charge in [-0.2, -0.15) is 0 Å². The van der Waals surface area contributed by atoms with Crippen LogP contribution in [0.5, 0.6) is 5.75 Å². The maximum Gasteiger partial charge on any atom is 0.333 e. The molecule has 0 amide bonds. The number of benzene rings is 2. The van der Waals surface area contributed by atoms with E-state index in [9.17, 15) is 14.5 Å². The smallest absolute Gasteiger partial charge is 0.333 e. The number of para-hydroxylation sites is 1. The number of ether oxygens (including phenoxy) is 2. The second-order valence-corrected chi connectivity index (χ2v) is 5.64. The first-order valence-corrected chi connectivity index (χ1v) is 8.13. The van der Waals surface area contributed by atoms with Gasteiger partial charge < -0.3 is 14.4 Å². The molecule has 2 aromatic rings. The van der Waals surface area contributed by atoms with Crippen LogP contribution in [0.15, 0.2) is 42.5 Å². The molecule has 1 fully saturated rings. The lowest BCUT2D eigenvalue weighted by Gasteiger charge is -2.34. The third-order valence-electron chi connectivity index (χ3n) is 4.12. The van der Waals surface area contributed by atoms with Crippen molar-refractivity contribution in [2.45, 2.75) is 13.0 Å². The summed E-state index contributed by atoms with van der Waals surface area (Å²) in [5.41, 5.74) is 0.843. The van der Waals surface area contributed by atoms with Gasteiger partial charge in [-0.05, 0) is 25.1 Å². The van der Waals surface area contributed by atoms with Crippen molar-refractivity contribution in [3.63, 3.8) is 0 Å². The first-order valence-electron chi connectivity index (χ1n) is 8.13. The van der Waals surface area contributed by atoms with Gasteiger partial charge in [0.2, 0.25) is 0 Å². The number of anilines is 1. The van der Waals surface area contributed by atoms with Gasteiger partial charge in [-0.15, -0.1) is 0 Å². The molecule has 0 spiro atoms. The Morgan fingerprint density at radius 3 is 2.84 bits per heavy atom. The summed E-state index contributed by atoms with van der Waals surface area (Å²) in [6.45, 7) is 3.29. The third kappa shape index (κ3) is 3.56. The average molecular weight is 346 g/mol. The Labute approximate surface area is 144 Å². The van der Waals surface area contributed by atoms with Gasteiger partial charge in [0, 0.05) is 18.7 Å². The van der Waals surface area contributed by atoms with Crippen LogP contribution in [0.4, 0.5) is 15.8 Å². The van der Waals surface area contributed by atoms with Crippen LogP contribution >= 0.6 is 0 Å². The minimum atomic E-state index is -0.481. The van der Waals surface area contributed by atoms with Gasteiger partial charge in [0.15, 0.2) is 5.75 Å². The molecule has 1 aliphatic rings. The van der Waals surface area contributed by atoms with Crippen LogP contribution < -0.4 is 9.64 Å². The van der Waals surface area contributed by atoms with Crippen LogP contribution in [-0.4, -0.2) is 31.2 Å². The maximum absolute atomic E-state index is 14.0. The van der Waals surface area contributed by atoms with E-state index >= 15 is 0 Å². The van der Waals surface area contributed by atoms with Crippen molar-refractivity contribution in [1.29, 1.82) is 0 Å². The molecule has 1 atom stereocenters. The van der Waals surface area contributed by atoms with E-state index in [1.165, 1.54) is 6.07 Å². The van der Waals surface area contributed by atoms with Gasteiger partial charge in [0.25, 0.3) is 0 Å². The number of morpholine rings is 1. The number of rotatable bonds is 5. The lowest BCUT2D eigenvalue weighted by Crippen LogP contribution is -2.39. The van der Waals surface area contributed by atoms with Crippen molar-refractivity contribution in [2.75, 3.05) is 31.2 Å². The Morgan fingerprint density at radius 2 is 2.12 bits per heavy atom. The fourth-order valence-electron chi connectivity index (χ4n) is 3.01. The number of nitro groups is 1. The predicted octanol–water partition coefficient (Wildman–Crippen LogP) is 3.71. The first-order chi connectivity index (χ1) is 12.1. The summed E-state index contributed by atoms with van der Waals surface area (Å²) in [5, 5.41) is 11.6. The molecular weight excluding hydrogens is 327 g/mol. The summed E-state index contributed by atoms with van der Waals surface area (Å²) in [5.74, 6) is -0.106. The standard InChI is InChI=1S/C18H19FN2O4/c1-2-24-16-9-5-8-15(18(16)21(22)23)20-10-11-25-17(12-20)13-6-3-4-7-14(13)19/h3-9,17H,2,10-12H2,1H3. The predicted molar refractivity (Wildman–Crippen MR) is 91.6 cm³/mol. The van der Waals surface area contributed by atoms with Crippen LogP contribution in [0.1, 0.15) is 18.6 Å². The maximum atomic E-state index is 14.0. The zero-order chi connectivity index (χ0) is 17.8. The van der Waals surface area contributed by atoms with E-state index in [4.69, 9.17) is 9.47 Å². The Bertz CT molecular complexity index is 768. The van der Waals surface area contributed by atoms with Gasteiger partial charge in [-0.25, -0.2) is 4.39 Å². The lowest BCUT2D eigenvalue weighted by atomic mass is 10.1. The number of hydrogen-bond acceptors (Lipinski definition) is 5. The van der Waals surface area contributed by atoms with Gasteiger partial charge in [-0.3, -0.25) is 10.1 Å². The zero-order valence-electron chi connectivity index (χ0n) is 13.9. The summed E-state index contributed by atoms with van der Waals surface area (Å²) in [6, 6.07) is 11.4. The molecule has 0 N–H and O–H groups in total. The molecule has 25 heavy (non-hydrogen) atoms. The van der Waals surface area contributed by atoms with Crippen molar-refractivity contribution in [3.05, 3.63) is 64.0 Å². The highest BCUT2D eigenvalue weighted by atomic mass is 19.1. The Morgan fingerprint density at radius 1 is 1.32 bits per heavy atom. The molecule has 1 heterocycles. The molecule has 7 heteroatoms. The van der Waals surface area contributed by atoms with Gasteiger partial charge >= 0.3 is 5.69 Å². The summed E-state index contributed by atoms with van der Waals surface area (Å²) >= 11 is 0. The molecule has 0 radical (unpaired) electrons. The van der Waals surface area contributed by atoms with E-state index in [-0.39, 0.29) is 17.3 Å². The number of hydrogen-bond donors (Lipinski definition) is 0. The van der Waals surface area contributed by atoms with Crippen LogP contribution in [0.25, 0.3) is 0 Å². The van der Waals surface area contributed by atoms with Gasteiger partial charge in [-0.1, -0.05) is 24.3 Å². The minimum absolute atomic E-state index is 0.0708. The van der Waals surface area contributed by atoms with Crippen LogP contribution in [-0.2, 0) is 4.74 Å². The molecule has 0 bridgehead atoms. The molecule has 0 aromatic heterocycles. The van der Waals surface area contributed by atoms with Crippen molar-refractivity contribution in [3.8, 4) is 5.75 Å². The highest BCUT2D eigenvalue weighted by Gasteiger charge is 2.30. The number of halogens is 1.